The first-order chi connectivity index (χ1) is 8.25. The summed E-state index contributed by atoms with van der Waals surface area (Å²) in [5.41, 5.74) is 2.79. The molecule has 92 valence electrons. The van der Waals surface area contributed by atoms with Gasteiger partial charge >= 0.3 is 0 Å². The molecule has 0 spiro atoms. The standard InChI is InChI=1S/C13H18FN3/c14-11-9-12-10(4-7-17(12)15)8-13(11)16-5-2-1-3-6-16/h8-9H,1-7,15H2. The number of benzene rings is 1. The van der Waals surface area contributed by atoms with Crippen molar-refractivity contribution in [2.45, 2.75) is 25.7 Å². The molecule has 0 bridgehead atoms. The van der Waals surface area contributed by atoms with Crippen molar-refractivity contribution in [2.75, 3.05) is 29.5 Å². The maximum atomic E-state index is 14.1. The Balaban J connectivity index is 1.95. The molecule has 1 saturated heterocycles. The van der Waals surface area contributed by atoms with E-state index in [0.29, 0.717) is 0 Å². The normalized spacial score (nSPS) is 19.6. The van der Waals surface area contributed by atoms with Crippen LogP contribution in [0.15, 0.2) is 12.1 Å². The fraction of sp³-hybridized carbons (Fsp3) is 0.538. The Morgan fingerprint density at radius 3 is 2.53 bits per heavy atom. The van der Waals surface area contributed by atoms with Gasteiger partial charge in [-0.3, -0.25) is 0 Å². The number of hydrazine groups is 1. The van der Waals surface area contributed by atoms with Crippen molar-refractivity contribution in [3.63, 3.8) is 0 Å². The summed E-state index contributed by atoms with van der Waals surface area (Å²) in [7, 11) is 0. The average molecular weight is 235 g/mol. The third kappa shape index (κ3) is 1.86. The minimum absolute atomic E-state index is 0.136. The predicted molar refractivity (Wildman–Crippen MR) is 67.7 cm³/mol. The van der Waals surface area contributed by atoms with E-state index in [2.05, 4.69) is 4.90 Å². The molecule has 3 nitrogen and oxygen atoms in total. The number of nitrogens with zero attached hydrogens (tertiary/aromatic N) is 2. The highest BCUT2D eigenvalue weighted by Crippen LogP contribution is 2.33. The molecule has 1 fully saturated rings. The lowest BCUT2D eigenvalue weighted by Crippen LogP contribution is -2.30. The second-order valence-electron chi connectivity index (χ2n) is 4.92. The minimum atomic E-state index is -0.136. The Hall–Kier alpha value is -1.29. The number of hydrogen-bond acceptors (Lipinski definition) is 3. The number of halogens is 1. The molecule has 0 radical (unpaired) electrons. The Kier molecular flexibility index (Phi) is 2.67. The number of nitrogens with two attached hydrogens (primary N) is 1. The van der Waals surface area contributed by atoms with Crippen LogP contribution in [0.5, 0.6) is 0 Å². The first kappa shape index (κ1) is 10.8. The zero-order valence-electron chi connectivity index (χ0n) is 9.95. The van der Waals surface area contributed by atoms with E-state index in [1.165, 1.54) is 24.8 Å². The van der Waals surface area contributed by atoms with Crippen LogP contribution >= 0.6 is 0 Å². The Morgan fingerprint density at radius 2 is 1.76 bits per heavy atom. The third-order valence-corrected chi connectivity index (χ3v) is 3.78. The largest absolute Gasteiger partial charge is 0.369 e. The second-order valence-corrected chi connectivity index (χ2v) is 4.92. The molecule has 3 rings (SSSR count). The molecule has 17 heavy (non-hydrogen) atoms. The zero-order chi connectivity index (χ0) is 11.8. The molecule has 1 aromatic carbocycles. The highest BCUT2D eigenvalue weighted by Gasteiger charge is 2.22. The van der Waals surface area contributed by atoms with Crippen LogP contribution in [-0.4, -0.2) is 19.6 Å². The molecule has 2 aliphatic heterocycles. The number of hydrogen-bond donors (Lipinski definition) is 1. The monoisotopic (exact) mass is 235 g/mol. The predicted octanol–water partition coefficient (Wildman–Crippen LogP) is 2.05. The van der Waals surface area contributed by atoms with E-state index in [1.807, 2.05) is 6.07 Å². The van der Waals surface area contributed by atoms with Crippen LogP contribution in [0.25, 0.3) is 0 Å². The van der Waals surface area contributed by atoms with E-state index in [1.54, 1.807) is 11.1 Å². The van der Waals surface area contributed by atoms with Crippen molar-refractivity contribution in [2.24, 2.45) is 5.84 Å². The van der Waals surface area contributed by atoms with Crippen molar-refractivity contribution in [3.05, 3.63) is 23.5 Å². The van der Waals surface area contributed by atoms with E-state index in [-0.39, 0.29) is 5.82 Å². The molecule has 0 saturated carbocycles. The Morgan fingerprint density at radius 1 is 1.00 bits per heavy atom. The van der Waals surface area contributed by atoms with Crippen LogP contribution in [0.1, 0.15) is 24.8 Å². The van der Waals surface area contributed by atoms with Crippen molar-refractivity contribution in [1.82, 2.24) is 0 Å². The number of anilines is 2. The van der Waals surface area contributed by atoms with Gasteiger partial charge in [-0.1, -0.05) is 0 Å². The van der Waals surface area contributed by atoms with Gasteiger partial charge in [0.1, 0.15) is 5.82 Å². The first-order valence-corrected chi connectivity index (χ1v) is 6.35. The number of rotatable bonds is 1. The highest BCUT2D eigenvalue weighted by atomic mass is 19.1. The van der Waals surface area contributed by atoms with E-state index < -0.39 is 0 Å². The van der Waals surface area contributed by atoms with E-state index in [9.17, 15) is 4.39 Å². The molecule has 0 atom stereocenters. The van der Waals surface area contributed by atoms with Gasteiger partial charge < -0.3 is 9.91 Å². The molecule has 2 aliphatic rings. The maximum Gasteiger partial charge on any atom is 0.148 e. The lowest BCUT2D eigenvalue weighted by atomic mass is 10.1. The van der Waals surface area contributed by atoms with E-state index >= 15 is 0 Å². The summed E-state index contributed by atoms with van der Waals surface area (Å²) >= 11 is 0. The molecule has 0 aromatic heterocycles. The van der Waals surface area contributed by atoms with Gasteiger partial charge in [0.25, 0.3) is 0 Å². The fourth-order valence-corrected chi connectivity index (χ4v) is 2.80. The van der Waals surface area contributed by atoms with Crippen LogP contribution in [-0.2, 0) is 6.42 Å². The zero-order valence-corrected chi connectivity index (χ0v) is 9.95. The van der Waals surface area contributed by atoms with Gasteiger partial charge in [0.2, 0.25) is 0 Å². The summed E-state index contributed by atoms with van der Waals surface area (Å²) in [6.45, 7) is 2.74. The SMILES string of the molecule is NN1CCc2cc(N3CCCCC3)c(F)cc21. The van der Waals surface area contributed by atoms with Crippen LogP contribution in [0.4, 0.5) is 15.8 Å². The molecule has 0 aliphatic carbocycles. The Labute approximate surface area is 101 Å². The molecule has 2 heterocycles. The molecule has 0 unspecified atom stereocenters. The maximum absolute atomic E-state index is 14.1. The summed E-state index contributed by atoms with van der Waals surface area (Å²) in [4.78, 5) is 2.16. The molecular weight excluding hydrogens is 217 g/mol. The summed E-state index contributed by atoms with van der Waals surface area (Å²) in [6, 6.07) is 3.58. The van der Waals surface area contributed by atoms with Gasteiger partial charge in [0.05, 0.1) is 11.4 Å². The van der Waals surface area contributed by atoms with Crippen LogP contribution in [0, 0.1) is 5.82 Å². The molecule has 2 N–H and O–H groups in total. The lowest BCUT2D eigenvalue weighted by molar-refractivity contribution is 0.557. The summed E-state index contributed by atoms with van der Waals surface area (Å²) in [5.74, 6) is 5.66. The number of fused-ring (bicyclic) bond motifs is 1. The average Bonchev–Trinajstić information content (AvgIpc) is 2.71. The summed E-state index contributed by atoms with van der Waals surface area (Å²) < 4.78 is 14.1. The fourth-order valence-electron chi connectivity index (χ4n) is 2.80. The van der Waals surface area contributed by atoms with Crippen LogP contribution in [0.3, 0.4) is 0 Å². The van der Waals surface area contributed by atoms with Crippen LogP contribution < -0.4 is 15.8 Å². The topological polar surface area (TPSA) is 32.5 Å². The van der Waals surface area contributed by atoms with Gasteiger partial charge in [-0.2, -0.15) is 0 Å². The van der Waals surface area contributed by atoms with Gasteiger partial charge in [-0.05, 0) is 37.3 Å². The Bertz CT molecular complexity index is 427. The van der Waals surface area contributed by atoms with Crippen molar-refractivity contribution in [3.8, 4) is 0 Å². The minimum Gasteiger partial charge on any atom is -0.369 e. The first-order valence-electron chi connectivity index (χ1n) is 6.35. The second kappa shape index (κ2) is 4.18. The van der Waals surface area contributed by atoms with Gasteiger partial charge in [0, 0.05) is 25.7 Å². The van der Waals surface area contributed by atoms with Gasteiger partial charge in [0.15, 0.2) is 0 Å². The van der Waals surface area contributed by atoms with Gasteiger partial charge in [-0.15, -0.1) is 0 Å². The smallest absolute Gasteiger partial charge is 0.148 e. The van der Waals surface area contributed by atoms with E-state index in [4.69, 9.17) is 5.84 Å². The van der Waals surface area contributed by atoms with E-state index in [0.717, 1.165) is 37.4 Å². The van der Waals surface area contributed by atoms with Gasteiger partial charge in [-0.25, -0.2) is 10.2 Å². The van der Waals surface area contributed by atoms with Crippen molar-refractivity contribution < 1.29 is 4.39 Å². The summed E-state index contributed by atoms with van der Waals surface area (Å²) in [6.07, 6.45) is 4.52. The van der Waals surface area contributed by atoms with Crippen LogP contribution in [0.2, 0.25) is 0 Å². The quantitative estimate of drug-likeness (QED) is 0.756. The third-order valence-electron chi connectivity index (χ3n) is 3.78. The molecular formula is C13H18FN3. The number of piperidine rings is 1. The van der Waals surface area contributed by atoms with Crippen molar-refractivity contribution in [1.29, 1.82) is 0 Å². The molecule has 4 heteroatoms. The molecule has 1 aromatic rings. The van der Waals surface area contributed by atoms with Crippen molar-refractivity contribution >= 4 is 11.4 Å². The summed E-state index contributed by atoms with van der Waals surface area (Å²) in [5, 5.41) is 1.64. The lowest BCUT2D eigenvalue weighted by Gasteiger charge is -2.29. The molecule has 0 amide bonds. The highest BCUT2D eigenvalue weighted by molar-refractivity contribution is 5.65.